The van der Waals surface area contributed by atoms with E-state index in [1.807, 2.05) is 11.8 Å². The first kappa shape index (κ1) is 12.4. The van der Waals surface area contributed by atoms with Gasteiger partial charge in [-0.05, 0) is 32.6 Å². The number of aliphatic carboxylic acids is 1. The summed E-state index contributed by atoms with van der Waals surface area (Å²) in [5.41, 5.74) is -1.08. The molecule has 0 aromatic heterocycles. The second kappa shape index (κ2) is 4.67. The summed E-state index contributed by atoms with van der Waals surface area (Å²) < 4.78 is 0. The van der Waals surface area contributed by atoms with Gasteiger partial charge in [0.05, 0.1) is 0 Å². The van der Waals surface area contributed by atoms with Crippen LogP contribution in [0.4, 0.5) is 0 Å². The van der Waals surface area contributed by atoms with Crippen molar-refractivity contribution in [1.29, 1.82) is 0 Å². The summed E-state index contributed by atoms with van der Waals surface area (Å²) in [6.07, 6.45) is 6.20. The highest BCUT2D eigenvalue weighted by molar-refractivity contribution is 6.02. The zero-order valence-electron chi connectivity index (χ0n) is 10.4. The Balaban J connectivity index is 2.14. The lowest BCUT2D eigenvalue weighted by Gasteiger charge is -2.41. The van der Waals surface area contributed by atoms with E-state index < -0.39 is 11.4 Å². The van der Waals surface area contributed by atoms with Gasteiger partial charge in [0.2, 0.25) is 5.91 Å². The van der Waals surface area contributed by atoms with Gasteiger partial charge in [-0.3, -0.25) is 9.59 Å². The number of amides is 1. The number of rotatable bonds is 2. The minimum absolute atomic E-state index is 0.134. The van der Waals surface area contributed by atoms with E-state index in [1.165, 1.54) is 0 Å². The molecule has 1 N–H and O–H groups in total. The van der Waals surface area contributed by atoms with Gasteiger partial charge in [-0.25, -0.2) is 0 Å². The van der Waals surface area contributed by atoms with Gasteiger partial charge in [0.15, 0.2) is 0 Å². The molecule has 1 unspecified atom stereocenters. The first-order valence-corrected chi connectivity index (χ1v) is 6.62. The highest BCUT2D eigenvalue weighted by Gasteiger charge is 2.53. The largest absolute Gasteiger partial charge is 0.480 e. The zero-order chi connectivity index (χ0) is 12.5. The fourth-order valence-corrected chi connectivity index (χ4v) is 2.90. The van der Waals surface area contributed by atoms with Gasteiger partial charge in [0.1, 0.15) is 5.41 Å². The minimum atomic E-state index is -1.08. The summed E-state index contributed by atoms with van der Waals surface area (Å²) in [5, 5.41) is 9.29. The molecule has 1 aliphatic carbocycles. The van der Waals surface area contributed by atoms with Crippen LogP contribution < -0.4 is 0 Å². The summed E-state index contributed by atoms with van der Waals surface area (Å²) >= 11 is 0. The zero-order valence-corrected chi connectivity index (χ0v) is 10.4. The smallest absolute Gasteiger partial charge is 0.319 e. The van der Waals surface area contributed by atoms with Crippen LogP contribution in [0.3, 0.4) is 0 Å². The summed E-state index contributed by atoms with van der Waals surface area (Å²) in [4.78, 5) is 25.6. The first-order valence-electron chi connectivity index (χ1n) is 6.62. The average Bonchev–Trinajstić information content (AvgIpc) is 2.40. The lowest BCUT2D eigenvalue weighted by molar-refractivity contribution is -0.168. The number of carbonyl (C=O) groups is 2. The molecule has 2 fully saturated rings. The first-order chi connectivity index (χ1) is 8.08. The molecule has 4 heteroatoms. The van der Waals surface area contributed by atoms with Crippen LogP contribution in [0.2, 0.25) is 0 Å². The van der Waals surface area contributed by atoms with Crippen LogP contribution in [-0.2, 0) is 9.59 Å². The number of nitrogens with zero attached hydrogens (tertiary/aromatic N) is 1. The van der Waals surface area contributed by atoms with Gasteiger partial charge in [0.25, 0.3) is 0 Å². The van der Waals surface area contributed by atoms with Crippen LogP contribution in [0.5, 0.6) is 0 Å². The summed E-state index contributed by atoms with van der Waals surface area (Å²) in [5.74, 6) is -1.06. The SMILES string of the molecule is CC1CCCCCN1C(=O)C1(C(=O)O)CCC1. The van der Waals surface area contributed by atoms with E-state index in [1.54, 1.807) is 0 Å². The summed E-state index contributed by atoms with van der Waals surface area (Å²) in [6, 6.07) is 0.196. The van der Waals surface area contributed by atoms with Crippen molar-refractivity contribution in [2.75, 3.05) is 6.54 Å². The van der Waals surface area contributed by atoms with Crippen molar-refractivity contribution in [2.24, 2.45) is 5.41 Å². The van der Waals surface area contributed by atoms with Gasteiger partial charge in [-0.15, -0.1) is 0 Å². The van der Waals surface area contributed by atoms with Gasteiger partial charge in [0, 0.05) is 12.6 Å². The summed E-state index contributed by atoms with van der Waals surface area (Å²) in [6.45, 7) is 2.77. The molecule has 2 aliphatic rings. The lowest BCUT2D eigenvalue weighted by Crippen LogP contribution is -2.54. The number of carbonyl (C=O) groups excluding carboxylic acids is 1. The van der Waals surface area contributed by atoms with Gasteiger partial charge in [-0.2, -0.15) is 0 Å². The Morgan fingerprint density at radius 1 is 1.18 bits per heavy atom. The van der Waals surface area contributed by atoms with Crippen molar-refractivity contribution in [2.45, 2.75) is 57.9 Å². The second-order valence-corrected chi connectivity index (χ2v) is 5.44. The Hall–Kier alpha value is -1.06. The third-order valence-corrected chi connectivity index (χ3v) is 4.34. The van der Waals surface area contributed by atoms with Gasteiger partial charge >= 0.3 is 5.97 Å². The molecule has 0 aromatic carbocycles. The molecule has 1 heterocycles. The number of likely N-dealkylation sites (tertiary alicyclic amines) is 1. The molecule has 1 saturated heterocycles. The third kappa shape index (κ3) is 2.05. The van der Waals surface area contributed by atoms with Crippen molar-refractivity contribution < 1.29 is 14.7 Å². The van der Waals surface area contributed by atoms with Crippen molar-refractivity contribution in [3.05, 3.63) is 0 Å². The maximum atomic E-state index is 12.5. The fraction of sp³-hybridized carbons (Fsp3) is 0.846. The fourth-order valence-electron chi connectivity index (χ4n) is 2.90. The molecule has 0 bridgehead atoms. The van der Waals surface area contributed by atoms with Crippen LogP contribution in [0.25, 0.3) is 0 Å². The molecule has 4 nitrogen and oxygen atoms in total. The minimum Gasteiger partial charge on any atom is -0.480 e. The van der Waals surface area contributed by atoms with Crippen LogP contribution in [0.15, 0.2) is 0 Å². The molecule has 2 rings (SSSR count). The molecule has 0 aromatic rings. The van der Waals surface area contributed by atoms with Gasteiger partial charge < -0.3 is 10.0 Å². The van der Waals surface area contributed by atoms with Crippen LogP contribution in [0.1, 0.15) is 51.9 Å². The number of hydrogen-bond donors (Lipinski definition) is 1. The maximum absolute atomic E-state index is 12.5. The van der Waals surface area contributed by atoms with Crippen molar-refractivity contribution >= 4 is 11.9 Å². The quantitative estimate of drug-likeness (QED) is 0.750. The Labute approximate surface area is 102 Å². The average molecular weight is 239 g/mol. The standard InChI is InChI=1S/C13H21NO3/c1-10-6-3-2-4-9-14(10)11(15)13(12(16)17)7-5-8-13/h10H,2-9H2,1H3,(H,16,17). The van der Waals surface area contributed by atoms with Crippen molar-refractivity contribution in [3.63, 3.8) is 0 Å². The predicted octanol–water partition coefficient (Wildman–Crippen LogP) is 2.03. The topological polar surface area (TPSA) is 57.6 Å². The van der Waals surface area contributed by atoms with E-state index in [0.717, 1.165) is 38.6 Å². The number of hydrogen-bond acceptors (Lipinski definition) is 2. The van der Waals surface area contributed by atoms with Crippen LogP contribution in [-0.4, -0.2) is 34.5 Å². The maximum Gasteiger partial charge on any atom is 0.319 e. The Bertz CT molecular complexity index is 323. The van der Waals surface area contributed by atoms with Crippen molar-refractivity contribution in [1.82, 2.24) is 4.90 Å². The van der Waals surface area contributed by atoms with E-state index in [9.17, 15) is 14.7 Å². The van der Waals surface area contributed by atoms with Crippen LogP contribution in [0, 0.1) is 5.41 Å². The highest BCUT2D eigenvalue weighted by Crippen LogP contribution is 2.43. The molecule has 1 aliphatic heterocycles. The molecule has 17 heavy (non-hydrogen) atoms. The van der Waals surface area contributed by atoms with E-state index in [0.29, 0.717) is 12.8 Å². The second-order valence-electron chi connectivity index (χ2n) is 5.44. The van der Waals surface area contributed by atoms with Gasteiger partial charge in [-0.1, -0.05) is 19.3 Å². The van der Waals surface area contributed by atoms with E-state index in [-0.39, 0.29) is 11.9 Å². The molecule has 1 atom stereocenters. The normalized spacial score (nSPS) is 28.1. The Kier molecular flexibility index (Phi) is 3.40. The summed E-state index contributed by atoms with van der Waals surface area (Å²) in [7, 11) is 0. The molecule has 0 radical (unpaired) electrons. The molecular formula is C13H21NO3. The molecular weight excluding hydrogens is 218 g/mol. The monoisotopic (exact) mass is 239 g/mol. The molecule has 1 amide bonds. The number of carboxylic acids is 1. The number of carboxylic acid groups (broad SMARTS) is 1. The molecule has 1 saturated carbocycles. The Morgan fingerprint density at radius 2 is 1.88 bits per heavy atom. The van der Waals surface area contributed by atoms with Crippen LogP contribution >= 0.6 is 0 Å². The van der Waals surface area contributed by atoms with E-state index in [2.05, 4.69) is 0 Å². The van der Waals surface area contributed by atoms with Crippen molar-refractivity contribution in [3.8, 4) is 0 Å². The van der Waals surface area contributed by atoms with E-state index >= 15 is 0 Å². The molecule has 0 spiro atoms. The van der Waals surface area contributed by atoms with E-state index in [4.69, 9.17) is 0 Å². The Morgan fingerprint density at radius 3 is 2.41 bits per heavy atom. The lowest BCUT2D eigenvalue weighted by atomic mass is 9.67. The molecule has 96 valence electrons. The predicted molar refractivity (Wildman–Crippen MR) is 63.6 cm³/mol. The third-order valence-electron chi connectivity index (χ3n) is 4.34. The highest BCUT2D eigenvalue weighted by atomic mass is 16.4.